The van der Waals surface area contributed by atoms with Crippen LogP contribution in [-0.4, -0.2) is 11.7 Å². The molecule has 0 saturated carbocycles. The van der Waals surface area contributed by atoms with Crippen molar-refractivity contribution < 1.29 is 9.50 Å². The van der Waals surface area contributed by atoms with Gasteiger partial charge in [0.1, 0.15) is 5.82 Å². The molecule has 0 aliphatic carbocycles. The Balaban J connectivity index is 2.00. The Labute approximate surface area is 110 Å². The summed E-state index contributed by atoms with van der Waals surface area (Å²) >= 11 is 5.97. The van der Waals surface area contributed by atoms with E-state index in [1.807, 2.05) is 18.2 Å². The molecule has 2 rings (SSSR count). The van der Waals surface area contributed by atoms with Crippen LogP contribution in [0.3, 0.4) is 0 Å². The normalized spacial score (nSPS) is 12.2. The molecule has 0 amide bonds. The number of aliphatic hydroxyl groups excluding tert-OH is 1. The molecule has 2 aromatic carbocycles. The zero-order valence-corrected chi connectivity index (χ0v) is 10.4. The van der Waals surface area contributed by atoms with E-state index in [1.54, 1.807) is 18.2 Å². The summed E-state index contributed by atoms with van der Waals surface area (Å²) in [5.74, 6) is -0.357. The predicted octanol–water partition coefficient (Wildman–Crippen LogP) is 3.62. The molecule has 0 saturated heterocycles. The van der Waals surface area contributed by atoms with Gasteiger partial charge in [-0.2, -0.15) is 0 Å². The molecule has 0 fully saturated rings. The molecule has 0 heterocycles. The molecule has 0 bridgehead atoms. The molecule has 0 aromatic heterocycles. The first-order chi connectivity index (χ1) is 8.66. The van der Waals surface area contributed by atoms with E-state index in [1.165, 1.54) is 12.1 Å². The van der Waals surface area contributed by atoms with Gasteiger partial charge in [-0.05, 0) is 29.8 Å². The molecular formula is C14H13ClFNO. The Morgan fingerprint density at radius 3 is 2.67 bits per heavy atom. The van der Waals surface area contributed by atoms with Gasteiger partial charge in [0.25, 0.3) is 0 Å². The maximum absolute atomic E-state index is 13.0. The Kier molecular flexibility index (Phi) is 4.18. The maximum atomic E-state index is 13.0. The third-order valence-corrected chi connectivity index (χ3v) is 2.92. The van der Waals surface area contributed by atoms with E-state index in [9.17, 15) is 9.50 Å². The third-order valence-electron chi connectivity index (χ3n) is 2.59. The highest BCUT2D eigenvalue weighted by molar-refractivity contribution is 6.33. The fourth-order valence-corrected chi connectivity index (χ4v) is 1.85. The lowest BCUT2D eigenvalue weighted by atomic mass is 10.1. The molecule has 18 heavy (non-hydrogen) atoms. The van der Waals surface area contributed by atoms with Crippen LogP contribution in [0, 0.1) is 5.82 Å². The van der Waals surface area contributed by atoms with Crippen molar-refractivity contribution in [2.24, 2.45) is 0 Å². The fraction of sp³-hybridized carbons (Fsp3) is 0.143. The molecule has 94 valence electrons. The van der Waals surface area contributed by atoms with Gasteiger partial charge < -0.3 is 10.4 Å². The first-order valence-electron chi connectivity index (χ1n) is 5.59. The Morgan fingerprint density at radius 2 is 1.94 bits per heavy atom. The number of rotatable bonds is 4. The van der Waals surface area contributed by atoms with Crippen molar-refractivity contribution in [3.8, 4) is 0 Å². The van der Waals surface area contributed by atoms with Crippen LogP contribution in [0.1, 0.15) is 11.7 Å². The monoisotopic (exact) mass is 265 g/mol. The van der Waals surface area contributed by atoms with Crippen molar-refractivity contribution in [3.05, 3.63) is 64.9 Å². The van der Waals surface area contributed by atoms with E-state index >= 15 is 0 Å². The Hall–Kier alpha value is -1.58. The van der Waals surface area contributed by atoms with E-state index in [2.05, 4.69) is 5.32 Å². The number of aliphatic hydroxyl groups is 1. The average Bonchev–Trinajstić information content (AvgIpc) is 2.37. The predicted molar refractivity (Wildman–Crippen MR) is 71.3 cm³/mol. The molecule has 2 N–H and O–H groups in total. The van der Waals surface area contributed by atoms with Gasteiger partial charge in [0.05, 0.1) is 16.8 Å². The summed E-state index contributed by atoms with van der Waals surface area (Å²) in [6, 6.07) is 13.2. The van der Waals surface area contributed by atoms with E-state index in [-0.39, 0.29) is 12.4 Å². The fourth-order valence-electron chi connectivity index (χ4n) is 1.64. The summed E-state index contributed by atoms with van der Waals surface area (Å²) in [4.78, 5) is 0. The second-order valence-electron chi connectivity index (χ2n) is 3.93. The lowest BCUT2D eigenvalue weighted by molar-refractivity contribution is 0.191. The number of hydrogen-bond acceptors (Lipinski definition) is 2. The quantitative estimate of drug-likeness (QED) is 0.885. The van der Waals surface area contributed by atoms with Gasteiger partial charge in [0, 0.05) is 6.54 Å². The maximum Gasteiger partial charge on any atom is 0.123 e. The average molecular weight is 266 g/mol. The number of nitrogens with one attached hydrogen (secondary N) is 1. The highest BCUT2D eigenvalue weighted by atomic mass is 35.5. The van der Waals surface area contributed by atoms with Crippen LogP contribution in [-0.2, 0) is 0 Å². The van der Waals surface area contributed by atoms with Crippen LogP contribution >= 0.6 is 11.6 Å². The Morgan fingerprint density at radius 1 is 1.17 bits per heavy atom. The standard InChI is InChI=1S/C14H13ClFNO/c15-12-6-1-2-7-13(12)17-9-14(18)10-4-3-5-11(16)8-10/h1-8,14,17-18H,9H2. The van der Waals surface area contributed by atoms with Crippen molar-refractivity contribution in [3.63, 3.8) is 0 Å². The summed E-state index contributed by atoms with van der Waals surface area (Å²) in [5.41, 5.74) is 1.28. The summed E-state index contributed by atoms with van der Waals surface area (Å²) in [6.45, 7) is 0.271. The molecular weight excluding hydrogens is 253 g/mol. The molecule has 0 radical (unpaired) electrons. The van der Waals surface area contributed by atoms with E-state index in [0.717, 1.165) is 5.69 Å². The molecule has 1 atom stereocenters. The number of para-hydroxylation sites is 1. The molecule has 2 nitrogen and oxygen atoms in total. The number of anilines is 1. The molecule has 0 aliphatic rings. The van der Waals surface area contributed by atoms with Crippen molar-refractivity contribution in [1.82, 2.24) is 0 Å². The first kappa shape index (κ1) is 12.9. The molecule has 0 spiro atoms. The molecule has 2 aromatic rings. The van der Waals surface area contributed by atoms with Gasteiger partial charge in [0.2, 0.25) is 0 Å². The summed E-state index contributed by atoms with van der Waals surface area (Å²) in [6.07, 6.45) is -0.781. The van der Waals surface area contributed by atoms with Crippen molar-refractivity contribution >= 4 is 17.3 Å². The SMILES string of the molecule is OC(CNc1ccccc1Cl)c1cccc(F)c1. The van der Waals surface area contributed by atoms with Gasteiger partial charge in [0.15, 0.2) is 0 Å². The van der Waals surface area contributed by atoms with Gasteiger partial charge in [-0.15, -0.1) is 0 Å². The minimum absolute atomic E-state index is 0.271. The summed E-state index contributed by atoms with van der Waals surface area (Å²) < 4.78 is 13.0. The van der Waals surface area contributed by atoms with Crippen LogP contribution in [0.2, 0.25) is 5.02 Å². The topological polar surface area (TPSA) is 32.3 Å². The van der Waals surface area contributed by atoms with Gasteiger partial charge in [-0.3, -0.25) is 0 Å². The Bertz CT molecular complexity index is 533. The van der Waals surface area contributed by atoms with Crippen LogP contribution in [0.5, 0.6) is 0 Å². The smallest absolute Gasteiger partial charge is 0.123 e. The first-order valence-corrected chi connectivity index (χ1v) is 5.96. The van der Waals surface area contributed by atoms with E-state index in [0.29, 0.717) is 10.6 Å². The van der Waals surface area contributed by atoms with Gasteiger partial charge >= 0.3 is 0 Å². The van der Waals surface area contributed by atoms with Crippen LogP contribution in [0.4, 0.5) is 10.1 Å². The zero-order chi connectivity index (χ0) is 13.0. The molecule has 4 heteroatoms. The van der Waals surface area contributed by atoms with Crippen LogP contribution in [0.15, 0.2) is 48.5 Å². The summed E-state index contributed by atoms with van der Waals surface area (Å²) in [7, 11) is 0. The van der Waals surface area contributed by atoms with Crippen LogP contribution < -0.4 is 5.32 Å². The number of benzene rings is 2. The largest absolute Gasteiger partial charge is 0.387 e. The minimum Gasteiger partial charge on any atom is -0.387 e. The van der Waals surface area contributed by atoms with Crippen LogP contribution in [0.25, 0.3) is 0 Å². The van der Waals surface area contributed by atoms with Crippen molar-refractivity contribution in [2.75, 3.05) is 11.9 Å². The lowest BCUT2D eigenvalue weighted by Gasteiger charge is -2.14. The lowest BCUT2D eigenvalue weighted by Crippen LogP contribution is -2.12. The highest BCUT2D eigenvalue weighted by Gasteiger charge is 2.08. The number of hydrogen-bond donors (Lipinski definition) is 2. The summed E-state index contributed by atoms with van der Waals surface area (Å²) in [5, 5.41) is 13.5. The van der Waals surface area contributed by atoms with E-state index in [4.69, 9.17) is 11.6 Å². The minimum atomic E-state index is -0.781. The zero-order valence-electron chi connectivity index (χ0n) is 9.61. The molecule has 1 unspecified atom stereocenters. The van der Waals surface area contributed by atoms with Crippen molar-refractivity contribution in [1.29, 1.82) is 0 Å². The van der Waals surface area contributed by atoms with Crippen molar-refractivity contribution in [2.45, 2.75) is 6.10 Å². The third kappa shape index (κ3) is 3.22. The van der Waals surface area contributed by atoms with E-state index < -0.39 is 6.10 Å². The second-order valence-corrected chi connectivity index (χ2v) is 4.34. The van der Waals surface area contributed by atoms with Gasteiger partial charge in [-0.25, -0.2) is 4.39 Å². The molecule has 0 aliphatic heterocycles. The number of halogens is 2. The highest BCUT2D eigenvalue weighted by Crippen LogP contribution is 2.22. The van der Waals surface area contributed by atoms with Gasteiger partial charge in [-0.1, -0.05) is 35.9 Å². The second kappa shape index (κ2) is 5.85.